The van der Waals surface area contributed by atoms with Gasteiger partial charge in [-0.1, -0.05) is 11.6 Å². The van der Waals surface area contributed by atoms with E-state index in [1.54, 1.807) is 33.2 Å². The van der Waals surface area contributed by atoms with Gasteiger partial charge in [-0.3, -0.25) is 9.98 Å². The van der Waals surface area contributed by atoms with Crippen molar-refractivity contribution in [3.8, 4) is 0 Å². The van der Waals surface area contributed by atoms with Gasteiger partial charge in [0.05, 0.1) is 34.6 Å². The molecule has 0 radical (unpaired) electrons. The van der Waals surface area contributed by atoms with Gasteiger partial charge in [-0.2, -0.15) is 4.98 Å². The molecule has 0 fully saturated rings. The van der Waals surface area contributed by atoms with E-state index in [-0.39, 0.29) is 12.1 Å². The van der Waals surface area contributed by atoms with Gasteiger partial charge in [0.2, 0.25) is 5.95 Å². The number of nitrogens with one attached hydrogen (secondary N) is 2. The number of rotatable bonds is 10. The monoisotopic (exact) mass is 524 g/mol. The number of anilines is 3. The molecule has 0 atom stereocenters. The second-order valence-electron chi connectivity index (χ2n) is 10.4. The highest BCUT2D eigenvalue weighted by Crippen LogP contribution is 2.27. The Bertz CT molecular complexity index is 1310. The normalized spacial score (nSPS) is 13.4. The number of benzene rings is 1. The Kier molecular flexibility index (Phi) is 8.60. The van der Waals surface area contributed by atoms with E-state index >= 15 is 0 Å². The Morgan fingerprint density at radius 3 is 2.49 bits per heavy atom. The van der Waals surface area contributed by atoms with Crippen LogP contribution in [0.2, 0.25) is 5.02 Å². The van der Waals surface area contributed by atoms with E-state index in [1.807, 2.05) is 44.3 Å². The van der Waals surface area contributed by atoms with Crippen molar-refractivity contribution in [3.05, 3.63) is 59.1 Å². The number of nitrogens with zero attached hydrogens (tertiary/aromatic N) is 5. The van der Waals surface area contributed by atoms with Crippen molar-refractivity contribution in [2.45, 2.75) is 52.7 Å². The molecule has 0 saturated carbocycles. The van der Waals surface area contributed by atoms with Gasteiger partial charge in [-0.15, -0.1) is 0 Å². The molecule has 198 valence electrons. The lowest BCUT2D eigenvalue weighted by Gasteiger charge is -2.37. The summed E-state index contributed by atoms with van der Waals surface area (Å²) in [6, 6.07) is 9.53. The predicted octanol–water partition coefficient (Wildman–Crippen LogP) is 4.84. The van der Waals surface area contributed by atoms with Crippen LogP contribution in [-0.2, 0) is 0 Å². The molecule has 0 bridgehead atoms. The third kappa shape index (κ3) is 7.53. The van der Waals surface area contributed by atoms with Crippen LogP contribution in [0.15, 0.2) is 59.1 Å². The maximum atomic E-state index is 10.0. The van der Waals surface area contributed by atoms with Gasteiger partial charge in [0, 0.05) is 47.8 Å². The van der Waals surface area contributed by atoms with E-state index in [2.05, 4.69) is 44.3 Å². The zero-order valence-electron chi connectivity index (χ0n) is 22.6. The highest BCUT2D eigenvalue weighted by atomic mass is 35.5. The average molecular weight is 525 g/mol. The minimum Gasteiger partial charge on any atom is -0.401 e. The number of nitrogens with two attached hydrogens (primary N) is 1. The summed E-state index contributed by atoms with van der Waals surface area (Å²) in [6.45, 7) is 12.2. The van der Waals surface area contributed by atoms with E-state index in [0.717, 1.165) is 22.4 Å². The molecule has 0 unspecified atom stereocenters. The van der Waals surface area contributed by atoms with Gasteiger partial charge in [0.1, 0.15) is 5.82 Å². The van der Waals surface area contributed by atoms with Crippen molar-refractivity contribution < 1.29 is 5.11 Å². The molecule has 3 aromatic rings. The Morgan fingerprint density at radius 1 is 1.11 bits per heavy atom. The minimum absolute atomic E-state index is 0.252. The summed E-state index contributed by atoms with van der Waals surface area (Å²) in [5.41, 5.74) is 8.57. The quantitative estimate of drug-likeness (QED) is 0.278. The molecule has 5 N–H and O–H groups in total. The molecule has 1 aromatic carbocycles. The molecule has 10 heteroatoms. The van der Waals surface area contributed by atoms with Crippen LogP contribution < -0.4 is 21.3 Å². The van der Waals surface area contributed by atoms with Crippen LogP contribution in [-0.4, -0.2) is 57.0 Å². The number of allylic oxidation sites excluding steroid dienone is 2. The molecule has 0 amide bonds. The summed E-state index contributed by atoms with van der Waals surface area (Å²) in [5.74, 6) is 1.15. The molecule has 0 saturated heterocycles. The summed E-state index contributed by atoms with van der Waals surface area (Å²) in [5, 5.41) is 18.4. The van der Waals surface area contributed by atoms with E-state index in [9.17, 15) is 5.11 Å². The number of halogens is 1. The van der Waals surface area contributed by atoms with Gasteiger partial charge in [-0.05, 0) is 71.9 Å². The molecule has 0 aliphatic carbocycles. The van der Waals surface area contributed by atoms with Crippen molar-refractivity contribution in [3.63, 3.8) is 0 Å². The lowest BCUT2D eigenvalue weighted by Crippen LogP contribution is -2.47. The average Bonchev–Trinajstić information content (AvgIpc) is 2.83. The molecule has 0 spiro atoms. The topological polar surface area (TPSA) is 125 Å². The largest absolute Gasteiger partial charge is 0.401 e. The smallest absolute Gasteiger partial charge is 0.229 e. The third-order valence-corrected chi connectivity index (χ3v) is 6.24. The van der Waals surface area contributed by atoms with Gasteiger partial charge < -0.3 is 26.4 Å². The highest BCUT2D eigenvalue weighted by Gasteiger charge is 2.25. The number of aromatic nitrogens is 3. The number of aliphatic hydroxyl groups is 1. The van der Waals surface area contributed by atoms with Gasteiger partial charge in [0.25, 0.3) is 0 Å². The molecule has 2 aromatic heterocycles. The number of pyridine rings is 1. The molecular weight excluding hydrogens is 488 g/mol. The Hall–Kier alpha value is -3.43. The SMILES string of the molecule is CC(=NCC(C)(C)O)/C(Nc1nccc(N(C)C(C)(C)CNc2ccnc3cc(Cl)ccc23)n1)=C(/C)N. The van der Waals surface area contributed by atoms with E-state index in [0.29, 0.717) is 34.6 Å². The van der Waals surface area contributed by atoms with Crippen LogP contribution >= 0.6 is 11.6 Å². The zero-order valence-corrected chi connectivity index (χ0v) is 23.4. The first kappa shape index (κ1) is 28.1. The summed E-state index contributed by atoms with van der Waals surface area (Å²) in [7, 11) is 2.00. The van der Waals surface area contributed by atoms with Crippen molar-refractivity contribution in [1.82, 2.24) is 15.0 Å². The molecule has 3 rings (SSSR count). The fourth-order valence-corrected chi connectivity index (χ4v) is 3.76. The van der Waals surface area contributed by atoms with Crippen LogP contribution in [0.4, 0.5) is 17.5 Å². The second-order valence-corrected chi connectivity index (χ2v) is 10.8. The number of hydrogen-bond donors (Lipinski definition) is 4. The lowest BCUT2D eigenvalue weighted by molar-refractivity contribution is 0.0904. The van der Waals surface area contributed by atoms with Crippen molar-refractivity contribution >= 4 is 45.7 Å². The van der Waals surface area contributed by atoms with Crippen molar-refractivity contribution in [2.24, 2.45) is 10.7 Å². The van der Waals surface area contributed by atoms with Gasteiger partial charge in [0.15, 0.2) is 0 Å². The molecule has 0 aliphatic rings. The number of likely N-dealkylation sites (N-methyl/N-ethyl adjacent to an activating group) is 1. The fraction of sp³-hybridized carbons (Fsp3) is 0.407. The summed E-state index contributed by atoms with van der Waals surface area (Å²) < 4.78 is 0. The summed E-state index contributed by atoms with van der Waals surface area (Å²) in [6.07, 6.45) is 3.48. The first-order chi connectivity index (χ1) is 17.3. The van der Waals surface area contributed by atoms with Crippen LogP contribution in [0.1, 0.15) is 41.5 Å². The highest BCUT2D eigenvalue weighted by molar-refractivity contribution is 6.31. The van der Waals surface area contributed by atoms with E-state index in [4.69, 9.17) is 22.3 Å². The molecule has 37 heavy (non-hydrogen) atoms. The van der Waals surface area contributed by atoms with E-state index < -0.39 is 5.60 Å². The maximum absolute atomic E-state index is 10.0. The Morgan fingerprint density at radius 2 is 1.81 bits per heavy atom. The molecule has 9 nitrogen and oxygen atoms in total. The van der Waals surface area contributed by atoms with Crippen LogP contribution in [0.25, 0.3) is 10.9 Å². The van der Waals surface area contributed by atoms with E-state index in [1.165, 1.54) is 0 Å². The van der Waals surface area contributed by atoms with Gasteiger partial charge in [-0.25, -0.2) is 4.98 Å². The molecular formula is C27H37ClN8O. The standard InChI is InChI=1S/C27H37ClN8O/c1-17(29)24(18(2)32-16-27(5,6)37)35-25-31-13-11-23(34-25)36(7)26(3,4)15-33-21-10-12-30-22-14-19(28)8-9-20(21)22/h8-14,37H,15-16,29H2,1-7H3,(H,30,33)(H,31,34,35)/b24-17+,32-18?. The van der Waals surface area contributed by atoms with Crippen LogP contribution in [0.3, 0.4) is 0 Å². The minimum atomic E-state index is -0.913. The second kappa shape index (κ2) is 11.3. The van der Waals surface area contributed by atoms with Gasteiger partial charge >= 0.3 is 0 Å². The summed E-state index contributed by atoms with van der Waals surface area (Å²) >= 11 is 6.13. The van der Waals surface area contributed by atoms with Crippen LogP contribution in [0.5, 0.6) is 0 Å². The lowest BCUT2D eigenvalue weighted by atomic mass is 10.0. The number of aliphatic imine (C=N–C) groups is 1. The van der Waals surface area contributed by atoms with Crippen LogP contribution in [0, 0.1) is 0 Å². The third-order valence-electron chi connectivity index (χ3n) is 6.00. The number of fused-ring (bicyclic) bond motifs is 1. The molecule has 0 aliphatic heterocycles. The molecule has 2 heterocycles. The Labute approximate surface area is 223 Å². The van der Waals surface area contributed by atoms with Crippen molar-refractivity contribution in [1.29, 1.82) is 0 Å². The first-order valence-electron chi connectivity index (χ1n) is 12.1. The fourth-order valence-electron chi connectivity index (χ4n) is 3.59. The number of hydrogen-bond acceptors (Lipinski definition) is 9. The van der Waals surface area contributed by atoms with Crippen molar-refractivity contribution in [2.75, 3.05) is 35.7 Å². The first-order valence-corrected chi connectivity index (χ1v) is 12.5. The zero-order chi connectivity index (χ0) is 27.4. The predicted molar refractivity (Wildman–Crippen MR) is 155 cm³/mol. The Balaban J connectivity index is 1.76. The maximum Gasteiger partial charge on any atom is 0.229 e. The summed E-state index contributed by atoms with van der Waals surface area (Å²) in [4.78, 5) is 20.1.